The third kappa shape index (κ3) is 8.08. The second kappa shape index (κ2) is 16.1. The molecular weight excluding hydrogens is 757 g/mol. The molecule has 6 aromatic rings. The summed E-state index contributed by atoms with van der Waals surface area (Å²) in [4.78, 5) is 60.6. The molecule has 0 aliphatic carbocycles. The number of amides is 4. The van der Waals surface area contributed by atoms with Gasteiger partial charge in [-0.3, -0.25) is 19.8 Å². The van der Waals surface area contributed by atoms with Crippen LogP contribution >= 0.6 is 0 Å². The Kier molecular flexibility index (Phi) is 10.6. The van der Waals surface area contributed by atoms with Crippen molar-refractivity contribution in [3.63, 3.8) is 0 Å². The van der Waals surface area contributed by atoms with Crippen molar-refractivity contribution in [1.29, 1.82) is 0 Å². The van der Waals surface area contributed by atoms with E-state index in [-0.39, 0.29) is 23.2 Å². The third-order valence-electron chi connectivity index (χ3n) is 12.5. The standard InChI is InChI=1S/C46H52N10O4/c1-28-23-32(5-6-33(28)25-47-42(58)43-52-44(53-60-43)46(2,3)4)40-39-36-24-31(7-12-37(36)50-41(39)49-27-48-40)30-15-18-54(19-16-30)26-29-13-20-55(21-14-29)34-8-10-35(11-9-34)56-22-17-38(57)51-45(56)59/h5-12,23-24,27,29-30H,13-22,25-26H2,1-4H3,(H,47,58)(H,48,49,50)(H,51,57,59). The molecule has 4 amide bonds. The largest absolute Gasteiger partial charge is 0.372 e. The van der Waals surface area contributed by atoms with Crippen LogP contribution < -0.4 is 20.4 Å². The number of piperidine rings is 2. The minimum atomic E-state index is -0.398. The summed E-state index contributed by atoms with van der Waals surface area (Å²) in [6, 6.07) is 20.9. The number of fused-ring (bicyclic) bond motifs is 3. The van der Waals surface area contributed by atoms with Gasteiger partial charge in [0, 0.05) is 72.4 Å². The first-order valence-corrected chi connectivity index (χ1v) is 21.1. The summed E-state index contributed by atoms with van der Waals surface area (Å²) in [6.07, 6.45) is 6.54. The van der Waals surface area contributed by atoms with Crippen LogP contribution in [0.15, 0.2) is 71.5 Å². The number of urea groups is 1. The van der Waals surface area contributed by atoms with Crippen LogP contribution in [-0.4, -0.2) is 87.1 Å². The number of aromatic nitrogens is 5. The number of rotatable bonds is 9. The number of likely N-dealkylation sites (tertiary alicyclic amines) is 1. The molecule has 0 spiro atoms. The topological polar surface area (TPSA) is 165 Å². The highest BCUT2D eigenvalue weighted by atomic mass is 16.5. The van der Waals surface area contributed by atoms with Gasteiger partial charge in [-0.2, -0.15) is 4.98 Å². The van der Waals surface area contributed by atoms with Gasteiger partial charge in [0.25, 0.3) is 0 Å². The molecule has 60 heavy (non-hydrogen) atoms. The molecule has 0 atom stereocenters. The van der Waals surface area contributed by atoms with E-state index in [4.69, 9.17) is 9.51 Å². The van der Waals surface area contributed by atoms with Gasteiger partial charge in [-0.25, -0.2) is 14.8 Å². The smallest absolute Gasteiger partial charge is 0.328 e. The lowest BCUT2D eigenvalue weighted by Gasteiger charge is -2.38. The van der Waals surface area contributed by atoms with Crippen molar-refractivity contribution in [2.24, 2.45) is 5.92 Å². The number of imide groups is 1. The van der Waals surface area contributed by atoms with Crippen molar-refractivity contribution in [1.82, 2.24) is 40.6 Å². The molecule has 3 saturated heterocycles. The van der Waals surface area contributed by atoms with E-state index in [9.17, 15) is 14.4 Å². The van der Waals surface area contributed by atoms with Gasteiger partial charge in [-0.15, -0.1) is 0 Å². The molecule has 3 aromatic carbocycles. The molecule has 3 N–H and O–H groups in total. The predicted octanol–water partition coefficient (Wildman–Crippen LogP) is 7.24. The number of carbonyl (C=O) groups excluding carboxylic acids is 3. The van der Waals surface area contributed by atoms with E-state index >= 15 is 0 Å². The Bertz CT molecular complexity index is 2560. The van der Waals surface area contributed by atoms with Crippen LogP contribution in [0, 0.1) is 12.8 Å². The lowest BCUT2D eigenvalue weighted by molar-refractivity contribution is -0.120. The average Bonchev–Trinajstić information content (AvgIpc) is 3.90. The first-order valence-electron chi connectivity index (χ1n) is 21.1. The molecule has 14 nitrogen and oxygen atoms in total. The highest BCUT2D eigenvalue weighted by Crippen LogP contribution is 2.37. The zero-order valence-electron chi connectivity index (χ0n) is 34.8. The Morgan fingerprint density at radius 3 is 2.38 bits per heavy atom. The summed E-state index contributed by atoms with van der Waals surface area (Å²) in [5.41, 5.74) is 8.82. The van der Waals surface area contributed by atoms with Crippen LogP contribution in [0.4, 0.5) is 16.2 Å². The van der Waals surface area contributed by atoms with Crippen molar-refractivity contribution in [2.45, 2.75) is 77.7 Å². The van der Waals surface area contributed by atoms with E-state index in [2.05, 4.69) is 83.0 Å². The maximum absolute atomic E-state index is 12.8. The summed E-state index contributed by atoms with van der Waals surface area (Å²) in [5.74, 6) is 1.02. The lowest BCUT2D eigenvalue weighted by Crippen LogP contribution is -2.49. The van der Waals surface area contributed by atoms with Crippen LogP contribution in [0.3, 0.4) is 0 Å². The van der Waals surface area contributed by atoms with Gasteiger partial charge in [-0.05, 0) is 117 Å². The second-order valence-electron chi connectivity index (χ2n) is 17.6. The number of aryl methyl sites for hydroxylation is 1. The summed E-state index contributed by atoms with van der Waals surface area (Å²) in [7, 11) is 0. The molecule has 0 bridgehead atoms. The minimum Gasteiger partial charge on any atom is -0.372 e. The average molecular weight is 809 g/mol. The van der Waals surface area contributed by atoms with Gasteiger partial charge in [0.05, 0.1) is 11.1 Å². The predicted molar refractivity (Wildman–Crippen MR) is 231 cm³/mol. The van der Waals surface area contributed by atoms with Crippen molar-refractivity contribution in [2.75, 3.05) is 49.1 Å². The molecule has 3 fully saturated rings. The number of nitrogens with zero attached hydrogens (tertiary/aromatic N) is 7. The highest BCUT2D eigenvalue weighted by Gasteiger charge is 2.28. The Morgan fingerprint density at radius 1 is 0.900 bits per heavy atom. The van der Waals surface area contributed by atoms with Gasteiger partial charge < -0.3 is 24.6 Å². The van der Waals surface area contributed by atoms with Gasteiger partial charge >= 0.3 is 17.8 Å². The molecule has 3 aromatic heterocycles. The van der Waals surface area contributed by atoms with E-state index < -0.39 is 5.91 Å². The molecule has 14 heteroatoms. The Balaban J connectivity index is 0.807. The maximum Gasteiger partial charge on any atom is 0.328 e. The van der Waals surface area contributed by atoms with Crippen LogP contribution in [0.2, 0.25) is 0 Å². The third-order valence-corrected chi connectivity index (χ3v) is 12.5. The van der Waals surface area contributed by atoms with Gasteiger partial charge in [0.15, 0.2) is 5.82 Å². The molecule has 6 heterocycles. The van der Waals surface area contributed by atoms with E-state index in [0.29, 0.717) is 37.2 Å². The monoisotopic (exact) mass is 808 g/mol. The number of carbonyl (C=O) groups is 3. The van der Waals surface area contributed by atoms with Crippen molar-refractivity contribution >= 4 is 51.2 Å². The lowest BCUT2D eigenvalue weighted by atomic mass is 9.87. The minimum absolute atomic E-state index is 0.0381. The molecule has 3 aliphatic heterocycles. The summed E-state index contributed by atoms with van der Waals surface area (Å²) < 4.78 is 5.22. The fourth-order valence-electron chi connectivity index (χ4n) is 8.97. The molecule has 0 saturated carbocycles. The number of hydrogen-bond donors (Lipinski definition) is 3. The second-order valence-corrected chi connectivity index (χ2v) is 17.6. The number of aromatic amines is 1. The number of H-pyrrole nitrogens is 1. The van der Waals surface area contributed by atoms with Gasteiger partial charge in [0.1, 0.15) is 12.0 Å². The first kappa shape index (κ1) is 39.3. The molecule has 9 rings (SSSR count). The number of benzene rings is 3. The van der Waals surface area contributed by atoms with E-state index in [1.54, 1.807) is 11.2 Å². The molecular formula is C46H52N10O4. The summed E-state index contributed by atoms with van der Waals surface area (Å²) >= 11 is 0. The zero-order valence-corrected chi connectivity index (χ0v) is 34.8. The quantitative estimate of drug-likeness (QED) is 0.136. The molecule has 3 aliphatic rings. The molecule has 310 valence electrons. The van der Waals surface area contributed by atoms with Crippen LogP contribution in [0.5, 0.6) is 0 Å². The van der Waals surface area contributed by atoms with E-state index in [0.717, 1.165) is 95.6 Å². The fourth-order valence-corrected chi connectivity index (χ4v) is 8.97. The molecule has 0 unspecified atom stereocenters. The normalized spacial score (nSPS) is 17.5. The summed E-state index contributed by atoms with van der Waals surface area (Å²) in [5, 5.41) is 11.5. The Morgan fingerprint density at radius 2 is 1.67 bits per heavy atom. The van der Waals surface area contributed by atoms with Crippen molar-refractivity contribution in [3.05, 3.63) is 95.4 Å². The molecule has 0 radical (unpaired) electrons. The zero-order chi connectivity index (χ0) is 41.5. The van der Waals surface area contributed by atoms with Crippen LogP contribution in [0.25, 0.3) is 33.2 Å². The van der Waals surface area contributed by atoms with Gasteiger partial charge in [-0.1, -0.05) is 44.1 Å². The van der Waals surface area contributed by atoms with E-state index in [1.165, 1.54) is 24.1 Å². The Labute approximate surface area is 349 Å². The van der Waals surface area contributed by atoms with Gasteiger partial charge in [0.2, 0.25) is 5.91 Å². The SMILES string of the molecule is Cc1cc(-c2ncnc3[nH]c4ccc(C5CCN(CC6CCN(c7ccc(N8CCC(=O)NC8=O)cc7)CC6)CC5)cc4c23)ccc1CNC(=O)c1nc(C(C)(C)C)no1. The summed E-state index contributed by atoms with van der Waals surface area (Å²) in [6.45, 7) is 14.1. The fraction of sp³-hybridized carbons (Fsp3) is 0.413. The number of hydrogen-bond acceptors (Lipinski definition) is 10. The van der Waals surface area contributed by atoms with E-state index in [1.807, 2.05) is 45.9 Å². The number of anilines is 2. The first-order chi connectivity index (χ1) is 29.0. The van der Waals surface area contributed by atoms with Crippen molar-refractivity contribution < 1.29 is 18.9 Å². The van der Waals surface area contributed by atoms with Crippen LogP contribution in [-0.2, 0) is 16.8 Å². The van der Waals surface area contributed by atoms with Crippen LogP contribution in [0.1, 0.15) is 92.0 Å². The maximum atomic E-state index is 12.8. The van der Waals surface area contributed by atoms with Crippen molar-refractivity contribution in [3.8, 4) is 11.3 Å². The Hall–Kier alpha value is -6.15. The highest BCUT2D eigenvalue weighted by molar-refractivity contribution is 6.12. The number of nitrogens with one attached hydrogen (secondary N) is 3.